The van der Waals surface area contributed by atoms with E-state index in [9.17, 15) is 9.59 Å². The molecular formula is C18H18N2O2S. The number of hydrogen-bond donors (Lipinski definition) is 2. The highest BCUT2D eigenvalue weighted by Gasteiger charge is 2.23. The summed E-state index contributed by atoms with van der Waals surface area (Å²) in [4.78, 5) is 25.3. The first-order valence-electron chi connectivity index (χ1n) is 7.59. The summed E-state index contributed by atoms with van der Waals surface area (Å²) in [6.45, 7) is 3.92. The maximum absolute atomic E-state index is 12.5. The predicted molar refractivity (Wildman–Crippen MR) is 94.2 cm³/mol. The lowest BCUT2D eigenvalue weighted by molar-refractivity contribution is -0.115. The van der Waals surface area contributed by atoms with Crippen LogP contribution < -0.4 is 10.6 Å². The van der Waals surface area contributed by atoms with Gasteiger partial charge in [0.1, 0.15) is 0 Å². The third-order valence-electron chi connectivity index (χ3n) is 3.82. The van der Waals surface area contributed by atoms with Gasteiger partial charge in [0.05, 0.1) is 10.9 Å². The van der Waals surface area contributed by atoms with E-state index in [1.54, 1.807) is 12.1 Å². The van der Waals surface area contributed by atoms with Crippen molar-refractivity contribution in [3.63, 3.8) is 0 Å². The fourth-order valence-electron chi connectivity index (χ4n) is 2.50. The second-order valence-electron chi connectivity index (χ2n) is 5.43. The monoisotopic (exact) mass is 326 g/mol. The van der Waals surface area contributed by atoms with Gasteiger partial charge >= 0.3 is 0 Å². The fourth-order valence-corrected chi connectivity index (χ4v) is 3.43. The molecule has 0 fully saturated rings. The van der Waals surface area contributed by atoms with Crippen molar-refractivity contribution in [1.29, 1.82) is 0 Å². The van der Waals surface area contributed by atoms with Gasteiger partial charge in [0.2, 0.25) is 5.91 Å². The molecule has 118 valence electrons. The number of carbonyl (C=O) groups excluding carboxylic acids is 2. The highest BCUT2D eigenvalue weighted by molar-refractivity contribution is 8.00. The van der Waals surface area contributed by atoms with Crippen molar-refractivity contribution in [3.05, 3.63) is 53.6 Å². The smallest absolute Gasteiger partial charge is 0.255 e. The maximum atomic E-state index is 12.5. The molecule has 0 spiro atoms. The van der Waals surface area contributed by atoms with Crippen LogP contribution in [0.1, 0.15) is 29.8 Å². The van der Waals surface area contributed by atoms with Crippen LogP contribution >= 0.6 is 11.8 Å². The van der Waals surface area contributed by atoms with E-state index in [4.69, 9.17) is 0 Å². The highest BCUT2D eigenvalue weighted by Crippen LogP contribution is 2.36. The maximum Gasteiger partial charge on any atom is 0.255 e. The van der Waals surface area contributed by atoms with Crippen LogP contribution in [0.15, 0.2) is 47.4 Å². The topological polar surface area (TPSA) is 58.2 Å². The first-order valence-corrected chi connectivity index (χ1v) is 8.47. The van der Waals surface area contributed by atoms with E-state index in [0.29, 0.717) is 11.3 Å². The summed E-state index contributed by atoms with van der Waals surface area (Å²) in [6.07, 6.45) is 0.852. The molecule has 0 bridgehead atoms. The Hall–Kier alpha value is -2.27. The molecule has 2 amide bonds. The average molecular weight is 326 g/mol. The van der Waals surface area contributed by atoms with E-state index in [2.05, 4.69) is 17.6 Å². The van der Waals surface area contributed by atoms with Crippen LogP contribution in [0.2, 0.25) is 0 Å². The molecule has 5 heteroatoms. The number of rotatable bonds is 3. The SMILES string of the molecule is CCc1ccccc1NC(=O)c1ccc2c(c1)NC(=O)[C@H](C)S2. The van der Waals surface area contributed by atoms with Crippen molar-refractivity contribution >= 4 is 35.0 Å². The van der Waals surface area contributed by atoms with Crippen molar-refractivity contribution in [1.82, 2.24) is 0 Å². The molecule has 2 N–H and O–H groups in total. The zero-order chi connectivity index (χ0) is 16.4. The van der Waals surface area contributed by atoms with Crippen LogP contribution in [0.5, 0.6) is 0 Å². The van der Waals surface area contributed by atoms with Crippen molar-refractivity contribution < 1.29 is 9.59 Å². The number of hydrogen-bond acceptors (Lipinski definition) is 3. The number of anilines is 2. The van der Waals surface area contributed by atoms with Gasteiger partial charge in [-0.05, 0) is 43.2 Å². The Morgan fingerprint density at radius 2 is 2.04 bits per heavy atom. The summed E-state index contributed by atoms with van der Waals surface area (Å²) >= 11 is 1.51. The Bertz CT molecular complexity index is 773. The Morgan fingerprint density at radius 1 is 1.26 bits per heavy atom. The number of fused-ring (bicyclic) bond motifs is 1. The van der Waals surface area contributed by atoms with E-state index in [1.807, 2.05) is 37.3 Å². The van der Waals surface area contributed by atoms with Gasteiger partial charge in [-0.15, -0.1) is 11.8 Å². The first-order chi connectivity index (χ1) is 11.1. The van der Waals surface area contributed by atoms with Gasteiger partial charge in [0.25, 0.3) is 5.91 Å². The molecule has 1 heterocycles. The molecule has 0 aromatic heterocycles. The number of aryl methyl sites for hydroxylation is 1. The summed E-state index contributed by atoms with van der Waals surface area (Å²) in [5.41, 5.74) is 3.15. The summed E-state index contributed by atoms with van der Waals surface area (Å²) in [7, 11) is 0. The molecule has 0 radical (unpaired) electrons. The number of benzene rings is 2. The summed E-state index contributed by atoms with van der Waals surface area (Å²) < 4.78 is 0. The average Bonchev–Trinajstić information content (AvgIpc) is 2.56. The lowest BCUT2D eigenvalue weighted by atomic mass is 10.1. The van der Waals surface area contributed by atoms with Gasteiger partial charge in [-0.25, -0.2) is 0 Å². The van der Waals surface area contributed by atoms with Crippen LogP contribution in [0.4, 0.5) is 11.4 Å². The van der Waals surface area contributed by atoms with Crippen LogP contribution in [0.25, 0.3) is 0 Å². The molecule has 0 aliphatic carbocycles. The number of amides is 2. The van der Waals surface area contributed by atoms with Crippen molar-refractivity contribution in [2.45, 2.75) is 30.4 Å². The van der Waals surface area contributed by atoms with Crippen molar-refractivity contribution in [2.24, 2.45) is 0 Å². The van der Waals surface area contributed by atoms with Crippen molar-refractivity contribution in [3.8, 4) is 0 Å². The minimum atomic E-state index is -0.174. The standard InChI is InChI=1S/C18H18N2O2S/c1-3-12-6-4-5-7-14(12)19-18(22)13-8-9-16-15(10-13)20-17(21)11(2)23-16/h4-11H,3H2,1-2H3,(H,19,22)(H,20,21)/t11-/m0/s1. The van der Waals surface area contributed by atoms with Crippen molar-refractivity contribution in [2.75, 3.05) is 10.6 Å². The first kappa shape index (κ1) is 15.6. The minimum absolute atomic E-state index is 0.0311. The second kappa shape index (κ2) is 6.46. The largest absolute Gasteiger partial charge is 0.324 e. The van der Waals surface area contributed by atoms with Crippen LogP contribution in [-0.4, -0.2) is 17.1 Å². The quantitative estimate of drug-likeness (QED) is 0.898. The normalized spacial score (nSPS) is 16.4. The zero-order valence-electron chi connectivity index (χ0n) is 13.1. The van der Waals surface area contributed by atoms with Gasteiger partial charge in [-0.2, -0.15) is 0 Å². The molecule has 4 nitrogen and oxygen atoms in total. The molecular weight excluding hydrogens is 308 g/mol. The minimum Gasteiger partial charge on any atom is -0.324 e. The molecule has 1 atom stereocenters. The lowest BCUT2D eigenvalue weighted by Gasteiger charge is -2.21. The van der Waals surface area contributed by atoms with E-state index in [1.165, 1.54) is 11.8 Å². The second-order valence-corrected chi connectivity index (χ2v) is 6.81. The Balaban J connectivity index is 1.83. The molecule has 0 saturated carbocycles. The molecule has 1 aliphatic rings. The zero-order valence-corrected chi connectivity index (χ0v) is 13.9. The number of carbonyl (C=O) groups is 2. The highest BCUT2D eigenvalue weighted by atomic mass is 32.2. The van der Waals surface area contributed by atoms with Crippen LogP contribution in [0.3, 0.4) is 0 Å². The van der Waals surface area contributed by atoms with Gasteiger partial charge in [-0.1, -0.05) is 25.1 Å². The molecule has 1 aliphatic heterocycles. The molecule has 2 aromatic rings. The van der Waals surface area contributed by atoms with Gasteiger partial charge < -0.3 is 10.6 Å². The fraction of sp³-hybridized carbons (Fsp3) is 0.222. The van der Waals surface area contributed by atoms with Crippen LogP contribution in [0, 0.1) is 0 Å². The molecule has 0 saturated heterocycles. The Kier molecular flexibility index (Phi) is 4.39. The van der Waals surface area contributed by atoms with E-state index in [0.717, 1.165) is 22.6 Å². The number of thioether (sulfide) groups is 1. The van der Waals surface area contributed by atoms with Gasteiger partial charge in [-0.3, -0.25) is 9.59 Å². The van der Waals surface area contributed by atoms with Gasteiger partial charge in [0, 0.05) is 16.1 Å². The molecule has 23 heavy (non-hydrogen) atoms. The van der Waals surface area contributed by atoms with E-state index >= 15 is 0 Å². The molecule has 2 aromatic carbocycles. The Labute approximate surface area is 139 Å². The third kappa shape index (κ3) is 3.24. The third-order valence-corrected chi connectivity index (χ3v) is 5.00. The number of nitrogens with one attached hydrogen (secondary N) is 2. The summed E-state index contributed by atoms with van der Waals surface area (Å²) in [5.74, 6) is -0.206. The molecule has 0 unspecified atom stereocenters. The Morgan fingerprint density at radius 3 is 2.83 bits per heavy atom. The molecule has 3 rings (SSSR count). The summed E-state index contributed by atoms with van der Waals surface area (Å²) in [6, 6.07) is 13.2. The lowest BCUT2D eigenvalue weighted by Crippen LogP contribution is -2.26. The van der Waals surface area contributed by atoms with Gasteiger partial charge in [0.15, 0.2) is 0 Å². The number of para-hydroxylation sites is 1. The summed E-state index contributed by atoms with van der Waals surface area (Å²) in [5, 5.41) is 5.69. The van der Waals surface area contributed by atoms with Crippen LogP contribution in [-0.2, 0) is 11.2 Å². The van der Waals surface area contributed by atoms with E-state index < -0.39 is 0 Å². The predicted octanol–water partition coefficient (Wildman–Crippen LogP) is 3.93. The van der Waals surface area contributed by atoms with E-state index in [-0.39, 0.29) is 17.1 Å².